The van der Waals surface area contributed by atoms with Crippen LogP contribution in [0.1, 0.15) is 5.69 Å². The van der Waals surface area contributed by atoms with Gasteiger partial charge in [-0.3, -0.25) is 9.59 Å². The second-order valence-electron chi connectivity index (χ2n) is 7.11. The maximum Gasteiger partial charge on any atom is 0.267 e. The summed E-state index contributed by atoms with van der Waals surface area (Å²) in [5, 5.41) is 4.29. The van der Waals surface area contributed by atoms with Crippen molar-refractivity contribution < 1.29 is 9.18 Å². The van der Waals surface area contributed by atoms with Gasteiger partial charge in [0.2, 0.25) is 5.91 Å². The quantitative estimate of drug-likeness (QED) is 0.651. The fourth-order valence-electron chi connectivity index (χ4n) is 3.36. The molecule has 0 atom stereocenters. The van der Waals surface area contributed by atoms with E-state index >= 15 is 0 Å². The van der Waals surface area contributed by atoms with E-state index in [0.29, 0.717) is 37.4 Å². The molecule has 4 rings (SSSR count). The van der Waals surface area contributed by atoms with Gasteiger partial charge in [-0.2, -0.15) is 5.10 Å². The van der Waals surface area contributed by atoms with Gasteiger partial charge in [0.1, 0.15) is 24.5 Å². The molecule has 1 aliphatic rings. The van der Waals surface area contributed by atoms with Crippen molar-refractivity contribution >= 4 is 11.7 Å². The third-order valence-corrected chi connectivity index (χ3v) is 5.04. The Balaban J connectivity index is 1.42. The molecule has 9 heteroatoms. The standard InChI is InChI=1S/C21H21FN6O2/c1-15-12-19(24-14-23-15)26-8-10-27(11-9-26)21(30)13-28-20(29)7-6-18(25-28)16-2-4-17(22)5-3-16/h2-7,12,14H,8-11,13H2,1H3. The van der Waals surface area contributed by atoms with E-state index in [-0.39, 0.29) is 23.8 Å². The van der Waals surface area contributed by atoms with Crippen molar-refractivity contribution in [3.63, 3.8) is 0 Å². The molecule has 1 saturated heterocycles. The van der Waals surface area contributed by atoms with Crippen LogP contribution in [-0.4, -0.2) is 56.7 Å². The Morgan fingerprint density at radius 1 is 1.03 bits per heavy atom. The van der Waals surface area contributed by atoms with Crippen LogP contribution in [0, 0.1) is 12.7 Å². The van der Waals surface area contributed by atoms with Gasteiger partial charge in [-0.05, 0) is 37.3 Å². The Labute approximate surface area is 172 Å². The van der Waals surface area contributed by atoms with Crippen LogP contribution in [0.5, 0.6) is 0 Å². The molecule has 154 valence electrons. The first-order valence-electron chi connectivity index (χ1n) is 9.65. The zero-order valence-electron chi connectivity index (χ0n) is 16.5. The molecule has 0 spiro atoms. The highest BCUT2D eigenvalue weighted by Crippen LogP contribution is 2.16. The van der Waals surface area contributed by atoms with Crippen LogP contribution in [0.15, 0.2) is 53.6 Å². The van der Waals surface area contributed by atoms with Crippen LogP contribution in [0.25, 0.3) is 11.3 Å². The number of anilines is 1. The molecule has 1 aromatic carbocycles. The minimum absolute atomic E-state index is 0.138. The van der Waals surface area contributed by atoms with Gasteiger partial charge in [-0.1, -0.05) is 0 Å². The van der Waals surface area contributed by atoms with E-state index < -0.39 is 0 Å². The molecule has 0 unspecified atom stereocenters. The van der Waals surface area contributed by atoms with E-state index in [1.807, 2.05) is 13.0 Å². The number of carbonyl (C=O) groups is 1. The number of hydrogen-bond donors (Lipinski definition) is 0. The molecule has 0 aliphatic carbocycles. The van der Waals surface area contributed by atoms with Crippen LogP contribution < -0.4 is 10.5 Å². The number of piperazine rings is 1. The Kier molecular flexibility index (Phi) is 5.51. The van der Waals surface area contributed by atoms with Crippen LogP contribution in [0.2, 0.25) is 0 Å². The van der Waals surface area contributed by atoms with Crippen LogP contribution in [-0.2, 0) is 11.3 Å². The van der Waals surface area contributed by atoms with Crippen molar-refractivity contribution in [1.29, 1.82) is 0 Å². The number of rotatable bonds is 4. The zero-order chi connectivity index (χ0) is 21.1. The summed E-state index contributed by atoms with van der Waals surface area (Å²) in [6.45, 7) is 4.15. The Morgan fingerprint density at radius 2 is 1.77 bits per heavy atom. The lowest BCUT2D eigenvalue weighted by molar-refractivity contribution is -0.132. The zero-order valence-corrected chi connectivity index (χ0v) is 16.5. The summed E-state index contributed by atoms with van der Waals surface area (Å²) in [7, 11) is 0. The van der Waals surface area contributed by atoms with Gasteiger partial charge in [0, 0.05) is 49.6 Å². The first-order valence-corrected chi connectivity index (χ1v) is 9.65. The van der Waals surface area contributed by atoms with E-state index in [9.17, 15) is 14.0 Å². The number of hydrogen-bond acceptors (Lipinski definition) is 6. The second kappa shape index (κ2) is 8.40. The Bertz CT molecular complexity index is 1110. The molecule has 8 nitrogen and oxygen atoms in total. The predicted molar refractivity (Wildman–Crippen MR) is 109 cm³/mol. The highest BCUT2D eigenvalue weighted by atomic mass is 19.1. The largest absolute Gasteiger partial charge is 0.353 e. The lowest BCUT2D eigenvalue weighted by Gasteiger charge is -2.35. The van der Waals surface area contributed by atoms with Gasteiger partial charge in [0.05, 0.1) is 5.69 Å². The number of aromatic nitrogens is 4. The van der Waals surface area contributed by atoms with E-state index in [4.69, 9.17) is 0 Å². The van der Waals surface area contributed by atoms with Crippen molar-refractivity contribution in [2.24, 2.45) is 0 Å². The van der Waals surface area contributed by atoms with Crippen molar-refractivity contribution in [2.75, 3.05) is 31.1 Å². The van der Waals surface area contributed by atoms with Gasteiger partial charge in [-0.15, -0.1) is 0 Å². The molecular formula is C21H21FN6O2. The molecule has 3 heterocycles. The summed E-state index contributed by atoms with van der Waals surface area (Å²) >= 11 is 0. The monoisotopic (exact) mass is 408 g/mol. The first kappa shape index (κ1) is 19.7. The predicted octanol–water partition coefficient (Wildman–Crippen LogP) is 1.50. The molecule has 1 fully saturated rings. The summed E-state index contributed by atoms with van der Waals surface area (Å²) in [5.74, 6) is 0.331. The van der Waals surface area contributed by atoms with Gasteiger partial charge in [0.15, 0.2) is 0 Å². The summed E-state index contributed by atoms with van der Waals surface area (Å²) in [4.78, 5) is 37.2. The molecule has 2 aromatic heterocycles. The van der Waals surface area contributed by atoms with Crippen LogP contribution in [0.4, 0.5) is 10.2 Å². The summed E-state index contributed by atoms with van der Waals surface area (Å²) < 4.78 is 14.3. The molecule has 0 saturated carbocycles. The lowest BCUT2D eigenvalue weighted by atomic mass is 10.1. The fraction of sp³-hybridized carbons (Fsp3) is 0.286. The smallest absolute Gasteiger partial charge is 0.267 e. The van der Waals surface area contributed by atoms with Crippen molar-refractivity contribution in [3.8, 4) is 11.3 Å². The minimum atomic E-state index is -0.357. The van der Waals surface area contributed by atoms with E-state index in [1.165, 1.54) is 24.5 Å². The third kappa shape index (κ3) is 4.35. The average molecular weight is 408 g/mol. The van der Waals surface area contributed by atoms with Crippen molar-refractivity contribution in [1.82, 2.24) is 24.6 Å². The van der Waals surface area contributed by atoms with Gasteiger partial charge >= 0.3 is 0 Å². The normalized spacial score (nSPS) is 14.1. The van der Waals surface area contributed by atoms with Crippen molar-refractivity contribution in [3.05, 3.63) is 70.7 Å². The number of halogens is 1. The maximum atomic E-state index is 13.1. The molecule has 1 aliphatic heterocycles. The lowest BCUT2D eigenvalue weighted by Crippen LogP contribution is -2.50. The topological polar surface area (TPSA) is 84.2 Å². The van der Waals surface area contributed by atoms with Crippen molar-refractivity contribution in [2.45, 2.75) is 13.5 Å². The third-order valence-electron chi connectivity index (χ3n) is 5.04. The molecule has 0 bridgehead atoms. The SMILES string of the molecule is Cc1cc(N2CCN(C(=O)Cn3nc(-c4ccc(F)cc4)ccc3=O)CC2)ncn1. The molecule has 1 amide bonds. The minimum Gasteiger partial charge on any atom is -0.353 e. The van der Waals surface area contributed by atoms with Gasteiger partial charge in [-0.25, -0.2) is 19.0 Å². The molecule has 0 radical (unpaired) electrons. The molecular weight excluding hydrogens is 387 g/mol. The van der Waals surface area contributed by atoms with Crippen LogP contribution >= 0.6 is 0 Å². The maximum absolute atomic E-state index is 13.1. The summed E-state index contributed by atoms with van der Waals surface area (Å²) in [5.41, 5.74) is 1.71. The molecule has 3 aromatic rings. The summed E-state index contributed by atoms with van der Waals surface area (Å²) in [6.07, 6.45) is 1.54. The molecule has 30 heavy (non-hydrogen) atoms. The number of aryl methyl sites for hydroxylation is 1. The first-order chi connectivity index (χ1) is 14.5. The Morgan fingerprint density at radius 3 is 2.47 bits per heavy atom. The highest BCUT2D eigenvalue weighted by Gasteiger charge is 2.22. The summed E-state index contributed by atoms with van der Waals surface area (Å²) in [6, 6.07) is 10.7. The van der Waals surface area contributed by atoms with E-state index in [0.717, 1.165) is 16.2 Å². The van der Waals surface area contributed by atoms with E-state index in [2.05, 4.69) is 20.0 Å². The van der Waals surface area contributed by atoms with Crippen LogP contribution in [0.3, 0.4) is 0 Å². The average Bonchev–Trinajstić information content (AvgIpc) is 2.76. The number of carbonyl (C=O) groups excluding carboxylic acids is 1. The highest BCUT2D eigenvalue weighted by molar-refractivity contribution is 5.76. The van der Waals surface area contributed by atoms with Gasteiger partial charge in [0.25, 0.3) is 5.56 Å². The molecule has 0 N–H and O–H groups in total. The number of benzene rings is 1. The number of amides is 1. The fourth-order valence-corrected chi connectivity index (χ4v) is 3.36. The van der Waals surface area contributed by atoms with E-state index in [1.54, 1.807) is 23.1 Å². The Hall–Kier alpha value is -3.62. The number of nitrogens with zero attached hydrogens (tertiary/aromatic N) is 6. The second-order valence-corrected chi connectivity index (χ2v) is 7.11. The van der Waals surface area contributed by atoms with Gasteiger partial charge < -0.3 is 9.80 Å².